The third-order valence-corrected chi connectivity index (χ3v) is 6.27. The van der Waals surface area contributed by atoms with Crippen LogP contribution in [0.15, 0.2) is 69.0 Å². The van der Waals surface area contributed by atoms with Crippen molar-refractivity contribution in [3.05, 3.63) is 86.2 Å². The molecule has 4 aromatic rings. The molecule has 0 fully saturated rings. The molecule has 0 radical (unpaired) electrons. The van der Waals surface area contributed by atoms with Crippen molar-refractivity contribution in [2.75, 3.05) is 6.61 Å². The third-order valence-electron chi connectivity index (χ3n) is 5.58. The largest absolute Gasteiger partial charge is 0.462 e. The van der Waals surface area contributed by atoms with Crippen LogP contribution >= 0.6 is 15.9 Å². The average Bonchev–Trinajstić information content (AvgIpc) is 2.85. The molecule has 8 nitrogen and oxygen atoms in total. The van der Waals surface area contributed by atoms with Gasteiger partial charge in [-0.2, -0.15) is 4.99 Å². The number of carbonyl (C=O) groups excluding carboxylic acids is 2. The van der Waals surface area contributed by atoms with Crippen LogP contribution in [0.5, 0.6) is 0 Å². The molecule has 1 amide bonds. The molecular weight excluding hydrogens is 512 g/mol. The summed E-state index contributed by atoms with van der Waals surface area (Å²) < 4.78 is 8.99. The Kier molecular flexibility index (Phi) is 7.55. The van der Waals surface area contributed by atoms with Crippen LogP contribution < -0.4 is 11.0 Å². The van der Waals surface area contributed by atoms with Crippen LogP contribution in [0.4, 0.5) is 0 Å². The van der Waals surface area contributed by atoms with E-state index in [9.17, 15) is 14.4 Å². The van der Waals surface area contributed by atoms with Crippen molar-refractivity contribution in [3.8, 4) is 0 Å². The van der Waals surface area contributed by atoms with E-state index in [-0.39, 0.29) is 28.6 Å². The van der Waals surface area contributed by atoms with E-state index in [4.69, 9.17) is 9.72 Å². The van der Waals surface area contributed by atoms with Gasteiger partial charge in [0.25, 0.3) is 11.5 Å². The summed E-state index contributed by atoms with van der Waals surface area (Å²) >= 11 is 3.39. The van der Waals surface area contributed by atoms with Gasteiger partial charge in [0.1, 0.15) is 16.9 Å². The zero-order chi connectivity index (χ0) is 24.9. The molecule has 0 aliphatic rings. The van der Waals surface area contributed by atoms with Gasteiger partial charge in [0, 0.05) is 17.2 Å². The highest BCUT2D eigenvalue weighted by Gasteiger charge is 2.20. The van der Waals surface area contributed by atoms with Crippen molar-refractivity contribution >= 4 is 44.5 Å². The van der Waals surface area contributed by atoms with Crippen molar-refractivity contribution < 1.29 is 14.3 Å². The van der Waals surface area contributed by atoms with Crippen LogP contribution in [0.2, 0.25) is 0 Å². The second-order valence-corrected chi connectivity index (χ2v) is 8.80. The maximum absolute atomic E-state index is 13.4. The molecule has 180 valence electrons. The summed E-state index contributed by atoms with van der Waals surface area (Å²) in [6, 6.07) is 13.6. The number of pyridine rings is 2. The van der Waals surface area contributed by atoms with Gasteiger partial charge in [0.2, 0.25) is 0 Å². The topological polar surface area (TPSA) is 95.0 Å². The Labute approximate surface area is 210 Å². The van der Waals surface area contributed by atoms with Gasteiger partial charge < -0.3 is 9.30 Å². The van der Waals surface area contributed by atoms with Gasteiger partial charge in [-0.25, -0.2) is 9.78 Å². The van der Waals surface area contributed by atoms with Crippen LogP contribution in [-0.2, 0) is 11.3 Å². The van der Waals surface area contributed by atoms with E-state index in [2.05, 4.69) is 27.8 Å². The number of carbonyl (C=O) groups is 2. The third kappa shape index (κ3) is 4.95. The molecule has 0 aliphatic heterocycles. The molecule has 0 unspecified atom stereocenters. The molecule has 0 spiro atoms. The van der Waals surface area contributed by atoms with Gasteiger partial charge in [-0.15, -0.1) is 0 Å². The normalized spacial score (nSPS) is 11.8. The molecule has 3 aromatic heterocycles. The highest BCUT2D eigenvalue weighted by molar-refractivity contribution is 9.10. The molecule has 3 heterocycles. The lowest BCUT2D eigenvalue weighted by molar-refractivity contribution is 0.0523. The van der Waals surface area contributed by atoms with Crippen LogP contribution in [0.1, 0.15) is 53.8 Å². The van der Waals surface area contributed by atoms with Crippen LogP contribution in [-0.4, -0.2) is 32.4 Å². The predicted molar refractivity (Wildman–Crippen MR) is 136 cm³/mol. The van der Waals surface area contributed by atoms with Gasteiger partial charge in [0.05, 0.1) is 17.6 Å². The average molecular weight is 537 g/mol. The van der Waals surface area contributed by atoms with E-state index in [0.717, 1.165) is 19.3 Å². The fourth-order valence-corrected chi connectivity index (χ4v) is 4.33. The number of aryl methyl sites for hydroxylation is 1. The van der Waals surface area contributed by atoms with E-state index in [1.54, 1.807) is 60.2 Å². The Morgan fingerprint density at radius 1 is 1.06 bits per heavy atom. The standard InChI is InChI=1S/C26H25BrN4O4/c1-3-5-9-15-31-22-18(25(33)30-14-10-8-13-21(30)28-22)16-19(26(34)35-4-2)23(31)29-24(32)17-11-6-7-12-20(17)27/h6-8,10-14,16H,3-5,9,15H2,1-2H3. The van der Waals surface area contributed by atoms with E-state index in [1.165, 1.54) is 10.5 Å². The molecule has 0 saturated carbocycles. The highest BCUT2D eigenvalue weighted by atomic mass is 79.9. The first kappa shape index (κ1) is 24.5. The highest BCUT2D eigenvalue weighted by Crippen LogP contribution is 2.17. The van der Waals surface area contributed by atoms with Crippen molar-refractivity contribution in [2.24, 2.45) is 4.99 Å². The number of benzene rings is 1. The Bertz CT molecular complexity index is 1560. The molecule has 1 aromatic carbocycles. The first-order valence-electron chi connectivity index (χ1n) is 11.5. The minimum atomic E-state index is -0.658. The lowest BCUT2D eigenvalue weighted by atomic mass is 10.2. The molecule has 9 heteroatoms. The summed E-state index contributed by atoms with van der Waals surface area (Å²) in [5.41, 5.74) is 1.04. The van der Waals surface area contributed by atoms with Gasteiger partial charge >= 0.3 is 5.97 Å². The smallest absolute Gasteiger partial charge is 0.341 e. The Balaban J connectivity index is 2.10. The summed E-state index contributed by atoms with van der Waals surface area (Å²) in [5.74, 6) is -1.18. The van der Waals surface area contributed by atoms with E-state index >= 15 is 0 Å². The number of amides is 1. The number of fused-ring (bicyclic) bond motifs is 2. The Morgan fingerprint density at radius 2 is 1.83 bits per heavy atom. The van der Waals surface area contributed by atoms with Gasteiger partial charge in [-0.3, -0.25) is 14.0 Å². The summed E-state index contributed by atoms with van der Waals surface area (Å²) in [7, 11) is 0. The first-order chi connectivity index (χ1) is 17.0. The number of hydrogen-bond donors (Lipinski definition) is 0. The number of halogens is 1. The maximum atomic E-state index is 13.4. The molecule has 4 rings (SSSR count). The Morgan fingerprint density at radius 3 is 2.57 bits per heavy atom. The molecule has 0 aliphatic carbocycles. The van der Waals surface area contributed by atoms with E-state index in [1.807, 2.05) is 0 Å². The molecule has 0 atom stereocenters. The summed E-state index contributed by atoms with van der Waals surface area (Å²) in [5, 5.41) is 0.251. The van der Waals surface area contributed by atoms with Gasteiger partial charge in [0.15, 0.2) is 5.49 Å². The van der Waals surface area contributed by atoms with Crippen molar-refractivity contribution in [2.45, 2.75) is 39.7 Å². The monoisotopic (exact) mass is 536 g/mol. The quantitative estimate of drug-likeness (QED) is 0.196. The number of nitrogens with zero attached hydrogens (tertiary/aromatic N) is 4. The molecule has 0 N–H and O–H groups in total. The fraction of sp³-hybridized carbons (Fsp3) is 0.269. The summed E-state index contributed by atoms with van der Waals surface area (Å²) in [6.45, 7) is 4.34. The number of rotatable bonds is 7. The van der Waals surface area contributed by atoms with Crippen molar-refractivity contribution in [1.29, 1.82) is 0 Å². The summed E-state index contributed by atoms with van der Waals surface area (Å²) in [6.07, 6.45) is 4.27. The van der Waals surface area contributed by atoms with Gasteiger partial charge in [-0.05, 0) is 59.6 Å². The second kappa shape index (κ2) is 10.8. The van der Waals surface area contributed by atoms with Crippen molar-refractivity contribution in [3.63, 3.8) is 0 Å². The van der Waals surface area contributed by atoms with Crippen LogP contribution in [0.25, 0.3) is 16.7 Å². The molecule has 35 heavy (non-hydrogen) atoms. The number of unbranched alkanes of at least 4 members (excludes halogenated alkanes) is 2. The molecular formula is C26H25BrN4O4. The lowest BCUT2D eigenvalue weighted by Crippen LogP contribution is -2.33. The lowest BCUT2D eigenvalue weighted by Gasteiger charge is -2.15. The number of esters is 1. The minimum Gasteiger partial charge on any atom is -0.462 e. The number of aromatic nitrogens is 3. The number of hydrogen-bond acceptors (Lipinski definition) is 5. The van der Waals surface area contributed by atoms with Gasteiger partial charge in [-0.1, -0.05) is 38.0 Å². The zero-order valence-corrected chi connectivity index (χ0v) is 21.1. The fourth-order valence-electron chi connectivity index (χ4n) is 3.88. The van der Waals surface area contributed by atoms with E-state index < -0.39 is 11.9 Å². The number of ether oxygens (including phenoxy) is 1. The van der Waals surface area contributed by atoms with Crippen LogP contribution in [0, 0.1) is 0 Å². The van der Waals surface area contributed by atoms with E-state index in [0.29, 0.717) is 27.9 Å². The maximum Gasteiger partial charge on any atom is 0.341 e. The summed E-state index contributed by atoms with van der Waals surface area (Å²) in [4.78, 5) is 48.7. The molecule has 0 bridgehead atoms. The predicted octanol–water partition coefficient (Wildman–Crippen LogP) is 4.52. The van der Waals surface area contributed by atoms with Crippen molar-refractivity contribution in [1.82, 2.24) is 14.0 Å². The zero-order valence-electron chi connectivity index (χ0n) is 19.5. The SMILES string of the molecule is CCCCCn1c(=NC(=O)c2ccccc2Br)c(C(=O)OCC)cc2c(=O)n3ccccc3nc21. The molecule has 0 saturated heterocycles. The second-order valence-electron chi connectivity index (χ2n) is 7.94. The first-order valence-corrected chi connectivity index (χ1v) is 12.3. The Hall–Kier alpha value is -3.59. The minimum absolute atomic E-state index is 0.0473. The van der Waals surface area contributed by atoms with Crippen LogP contribution in [0.3, 0.4) is 0 Å².